The fourth-order valence-corrected chi connectivity index (χ4v) is 4.29. The Morgan fingerprint density at radius 3 is 2.40 bits per heavy atom. The van der Waals surface area contributed by atoms with Crippen LogP contribution in [0.25, 0.3) is 0 Å². The Morgan fingerprint density at radius 2 is 1.77 bits per heavy atom. The van der Waals surface area contributed by atoms with Gasteiger partial charge >= 0.3 is 0 Å². The highest BCUT2D eigenvalue weighted by molar-refractivity contribution is 5.82. The van der Waals surface area contributed by atoms with E-state index in [9.17, 15) is 14.9 Å². The molecule has 3 rings (SSSR count). The predicted octanol–water partition coefficient (Wildman–Crippen LogP) is 1.65. The van der Waals surface area contributed by atoms with Crippen molar-refractivity contribution in [3.8, 4) is 6.07 Å². The molecule has 2 N–H and O–H groups in total. The fourth-order valence-electron chi connectivity index (χ4n) is 4.29. The molecule has 2 fully saturated rings. The lowest BCUT2D eigenvalue weighted by atomic mass is 9.82. The average Bonchev–Trinajstić information content (AvgIpc) is 2.79. The van der Waals surface area contributed by atoms with E-state index in [0.717, 1.165) is 63.8 Å². The van der Waals surface area contributed by atoms with Gasteiger partial charge in [0, 0.05) is 32.7 Å². The summed E-state index contributed by atoms with van der Waals surface area (Å²) in [5.41, 5.74) is 0.394. The van der Waals surface area contributed by atoms with Gasteiger partial charge < -0.3 is 10.6 Å². The zero-order chi connectivity index (χ0) is 21.4. The Morgan fingerprint density at radius 1 is 1.10 bits per heavy atom. The summed E-state index contributed by atoms with van der Waals surface area (Å²) >= 11 is 0. The average molecular weight is 412 g/mol. The molecule has 1 unspecified atom stereocenters. The molecule has 2 amide bonds. The second-order valence-corrected chi connectivity index (χ2v) is 8.49. The summed E-state index contributed by atoms with van der Waals surface area (Å²) in [6.45, 7) is 5.79. The first-order chi connectivity index (χ1) is 14.5. The maximum atomic E-state index is 12.8. The third-order valence-corrected chi connectivity index (χ3v) is 6.32. The van der Waals surface area contributed by atoms with Gasteiger partial charge in [0.05, 0.1) is 18.7 Å². The molecular weight excluding hydrogens is 378 g/mol. The van der Waals surface area contributed by atoms with Crippen LogP contribution in [0.5, 0.6) is 0 Å². The molecular formula is C23H33N5O2. The first kappa shape index (κ1) is 22.3. The van der Waals surface area contributed by atoms with Crippen LogP contribution in [0.3, 0.4) is 0 Å². The molecule has 1 aromatic rings. The molecule has 1 aromatic carbocycles. The quantitative estimate of drug-likeness (QED) is 0.712. The number of nitriles is 1. The Bertz CT molecular complexity index is 747. The summed E-state index contributed by atoms with van der Waals surface area (Å²) in [5.74, 6) is -0.0427. The van der Waals surface area contributed by atoms with Crippen molar-refractivity contribution in [1.82, 2.24) is 20.4 Å². The number of carbonyl (C=O) groups is 2. The molecule has 1 aliphatic carbocycles. The summed E-state index contributed by atoms with van der Waals surface area (Å²) < 4.78 is 0. The van der Waals surface area contributed by atoms with Crippen molar-refractivity contribution in [1.29, 1.82) is 5.26 Å². The summed E-state index contributed by atoms with van der Waals surface area (Å²) in [6.07, 6.45) is 4.61. The zero-order valence-electron chi connectivity index (χ0n) is 17.9. The van der Waals surface area contributed by atoms with Crippen LogP contribution in [0, 0.1) is 11.3 Å². The normalized spacial score (nSPS) is 20.7. The molecule has 0 aromatic heterocycles. The van der Waals surface area contributed by atoms with Gasteiger partial charge in [-0.05, 0) is 25.3 Å². The fraction of sp³-hybridized carbons (Fsp3) is 0.609. The Kier molecular flexibility index (Phi) is 7.83. The molecule has 1 aliphatic heterocycles. The number of amides is 2. The lowest BCUT2D eigenvalue weighted by molar-refractivity contribution is -0.129. The lowest BCUT2D eigenvalue weighted by Crippen LogP contribution is -2.58. The molecule has 162 valence electrons. The van der Waals surface area contributed by atoms with Crippen molar-refractivity contribution in [2.45, 2.75) is 57.2 Å². The molecule has 7 heteroatoms. The van der Waals surface area contributed by atoms with E-state index >= 15 is 0 Å². The molecule has 1 saturated carbocycles. The SMILES string of the molecule is CC(C(=O)NC1(C#N)CCCCC1)N1CCN(CC(=O)NCc2ccccc2)CC1. The van der Waals surface area contributed by atoms with Crippen molar-refractivity contribution < 1.29 is 9.59 Å². The number of nitrogens with zero attached hydrogens (tertiary/aromatic N) is 3. The molecule has 2 aliphatic rings. The Labute approximate surface area is 179 Å². The van der Waals surface area contributed by atoms with E-state index in [1.165, 1.54) is 0 Å². The highest BCUT2D eigenvalue weighted by Gasteiger charge is 2.36. The largest absolute Gasteiger partial charge is 0.351 e. The van der Waals surface area contributed by atoms with Crippen molar-refractivity contribution in [3.05, 3.63) is 35.9 Å². The van der Waals surface area contributed by atoms with Crippen molar-refractivity contribution in [2.75, 3.05) is 32.7 Å². The van der Waals surface area contributed by atoms with Gasteiger partial charge in [0.2, 0.25) is 11.8 Å². The van der Waals surface area contributed by atoms with Gasteiger partial charge in [-0.1, -0.05) is 49.6 Å². The molecule has 7 nitrogen and oxygen atoms in total. The number of piperazine rings is 1. The highest BCUT2D eigenvalue weighted by Crippen LogP contribution is 2.27. The highest BCUT2D eigenvalue weighted by atomic mass is 16.2. The standard InChI is InChI=1S/C23H33N5O2/c1-19(22(30)26-23(18-24)10-6-3-7-11-23)28-14-12-27(13-15-28)17-21(29)25-16-20-8-4-2-5-9-20/h2,4-5,8-9,19H,3,6-7,10-17H2,1H3,(H,25,29)(H,26,30). The third kappa shape index (κ3) is 6.04. The van der Waals surface area contributed by atoms with Gasteiger partial charge in [-0.25, -0.2) is 0 Å². The number of nitrogens with one attached hydrogen (secondary N) is 2. The number of hydrogen-bond acceptors (Lipinski definition) is 5. The van der Waals surface area contributed by atoms with Gasteiger partial charge in [0.15, 0.2) is 0 Å². The molecule has 0 radical (unpaired) electrons. The van der Waals surface area contributed by atoms with Crippen molar-refractivity contribution in [2.24, 2.45) is 0 Å². The Balaban J connectivity index is 1.40. The first-order valence-electron chi connectivity index (χ1n) is 11.0. The number of carbonyl (C=O) groups excluding carboxylic acids is 2. The van der Waals surface area contributed by atoms with Gasteiger partial charge in [-0.3, -0.25) is 19.4 Å². The van der Waals surface area contributed by atoms with Crippen LogP contribution in [0.15, 0.2) is 30.3 Å². The molecule has 0 bridgehead atoms. The summed E-state index contributed by atoms with van der Waals surface area (Å²) in [5, 5.41) is 15.6. The van der Waals surface area contributed by atoms with E-state index in [4.69, 9.17) is 0 Å². The van der Waals surface area contributed by atoms with Crippen LogP contribution in [0.2, 0.25) is 0 Å². The number of benzene rings is 1. The van der Waals surface area contributed by atoms with Gasteiger partial charge in [0.25, 0.3) is 0 Å². The van der Waals surface area contributed by atoms with Gasteiger partial charge in [-0.15, -0.1) is 0 Å². The minimum atomic E-state index is -0.692. The summed E-state index contributed by atoms with van der Waals surface area (Å²) in [6, 6.07) is 12.0. The van der Waals surface area contributed by atoms with Gasteiger partial charge in [0.1, 0.15) is 5.54 Å². The van der Waals surface area contributed by atoms with E-state index in [1.54, 1.807) is 0 Å². The number of rotatable bonds is 7. The lowest BCUT2D eigenvalue weighted by Gasteiger charge is -2.39. The van der Waals surface area contributed by atoms with Crippen LogP contribution in [0.1, 0.15) is 44.6 Å². The second-order valence-electron chi connectivity index (χ2n) is 8.49. The van der Waals surface area contributed by atoms with Crippen LogP contribution < -0.4 is 10.6 Å². The van der Waals surface area contributed by atoms with Gasteiger partial charge in [-0.2, -0.15) is 5.26 Å². The smallest absolute Gasteiger partial charge is 0.238 e. The monoisotopic (exact) mass is 411 g/mol. The maximum Gasteiger partial charge on any atom is 0.238 e. The van der Waals surface area contributed by atoms with E-state index in [0.29, 0.717) is 13.1 Å². The van der Waals surface area contributed by atoms with Crippen LogP contribution in [-0.2, 0) is 16.1 Å². The minimum Gasteiger partial charge on any atom is -0.351 e. The van der Waals surface area contributed by atoms with E-state index < -0.39 is 5.54 Å². The first-order valence-corrected chi connectivity index (χ1v) is 11.0. The van der Waals surface area contributed by atoms with E-state index in [-0.39, 0.29) is 17.9 Å². The molecule has 0 spiro atoms. The summed E-state index contributed by atoms with van der Waals surface area (Å²) in [4.78, 5) is 29.3. The summed E-state index contributed by atoms with van der Waals surface area (Å²) in [7, 11) is 0. The van der Waals surface area contributed by atoms with Crippen molar-refractivity contribution in [3.63, 3.8) is 0 Å². The Hall–Kier alpha value is -2.43. The van der Waals surface area contributed by atoms with Crippen LogP contribution in [-0.4, -0.2) is 65.9 Å². The zero-order valence-corrected chi connectivity index (χ0v) is 17.9. The van der Waals surface area contributed by atoms with E-state index in [1.807, 2.05) is 37.3 Å². The van der Waals surface area contributed by atoms with Crippen LogP contribution >= 0.6 is 0 Å². The number of hydrogen-bond donors (Lipinski definition) is 2. The third-order valence-electron chi connectivity index (χ3n) is 6.32. The molecule has 1 heterocycles. The molecule has 1 atom stereocenters. The van der Waals surface area contributed by atoms with Crippen molar-refractivity contribution >= 4 is 11.8 Å². The van der Waals surface area contributed by atoms with Crippen LogP contribution in [0.4, 0.5) is 0 Å². The topological polar surface area (TPSA) is 88.5 Å². The second kappa shape index (κ2) is 10.6. The predicted molar refractivity (Wildman–Crippen MR) is 115 cm³/mol. The molecule has 1 saturated heterocycles. The molecule has 30 heavy (non-hydrogen) atoms. The van der Waals surface area contributed by atoms with E-state index in [2.05, 4.69) is 26.5 Å². The maximum absolute atomic E-state index is 12.8. The minimum absolute atomic E-state index is 0.0198.